The summed E-state index contributed by atoms with van der Waals surface area (Å²) in [6.45, 7) is 4.93. The zero-order valence-electron chi connectivity index (χ0n) is 52.7. The number of unbranched alkanes of at least 4 members (excludes halogenated alkanes) is 51. The quantitative estimate of drug-likeness (QED) is 0.0320. The highest BCUT2D eigenvalue weighted by atomic mass is 16.5. The van der Waals surface area contributed by atoms with Crippen LogP contribution >= 0.6 is 0 Å². The minimum Gasteiger partial charge on any atom is -0.466 e. The topological polar surface area (TPSA) is 95.9 Å². The molecule has 78 heavy (non-hydrogen) atoms. The van der Waals surface area contributed by atoms with E-state index >= 15 is 0 Å². The van der Waals surface area contributed by atoms with Crippen molar-refractivity contribution in [2.75, 3.05) is 13.2 Å². The number of hydrogen-bond acceptors (Lipinski definition) is 5. The summed E-state index contributed by atoms with van der Waals surface area (Å²) in [7, 11) is 0. The SMILES string of the molecule is CCCCCCCCCCCCCCCCCC/C=C/C(O)C(CO)NC(=O)CCCCCCCCCCC/C=C\C/C=C\CCCCCCCCCCCOC(=O)CCCCCCCCCCCCCCCCCCCC. The molecule has 0 radical (unpaired) electrons. The Labute approximate surface area is 487 Å². The van der Waals surface area contributed by atoms with Gasteiger partial charge in [-0.2, -0.15) is 0 Å². The van der Waals surface area contributed by atoms with Gasteiger partial charge in [0.1, 0.15) is 0 Å². The predicted octanol–water partition coefficient (Wildman–Crippen LogP) is 22.7. The van der Waals surface area contributed by atoms with Crippen molar-refractivity contribution in [1.82, 2.24) is 5.32 Å². The van der Waals surface area contributed by atoms with E-state index in [1.165, 1.54) is 315 Å². The standard InChI is InChI=1S/C72H137NO5/c1-3-5-7-9-11-13-15-17-19-21-32-36-40-44-48-52-56-60-64-70(75)69(68-74)73-71(76)65-61-57-53-49-45-41-37-33-30-28-26-24-23-25-27-29-31-35-39-43-47-51-55-59-63-67-78-72(77)66-62-58-54-50-46-42-38-34-22-20-18-16-14-12-10-8-6-4-2/h24-27,60,64,69-70,74-75H,3-23,28-59,61-63,65-68H2,1-2H3,(H,73,76)/b26-24-,27-25-,64-60+. The second-order valence-corrected chi connectivity index (χ2v) is 24.2. The molecule has 0 heterocycles. The lowest BCUT2D eigenvalue weighted by atomic mass is 10.0. The minimum atomic E-state index is -0.849. The lowest BCUT2D eigenvalue weighted by molar-refractivity contribution is -0.143. The Hall–Kier alpha value is -1.92. The summed E-state index contributed by atoms with van der Waals surface area (Å²) in [4.78, 5) is 24.6. The van der Waals surface area contributed by atoms with Gasteiger partial charge in [-0.05, 0) is 64.2 Å². The molecule has 0 aliphatic carbocycles. The number of aliphatic hydroxyl groups excluding tert-OH is 2. The first-order chi connectivity index (χ1) is 38.5. The molecule has 0 aliphatic rings. The van der Waals surface area contributed by atoms with E-state index in [9.17, 15) is 19.8 Å². The molecule has 2 unspecified atom stereocenters. The highest BCUT2D eigenvalue weighted by Crippen LogP contribution is 2.18. The predicted molar refractivity (Wildman–Crippen MR) is 343 cm³/mol. The molecule has 0 saturated heterocycles. The van der Waals surface area contributed by atoms with Crippen LogP contribution in [-0.4, -0.2) is 47.4 Å². The molecule has 0 fully saturated rings. The molecule has 0 aromatic rings. The van der Waals surface area contributed by atoms with Crippen molar-refractivity contribution in [3.63, 3.8) is 0 Å². The number of ether oxygens (including phenoxy) is 1. The van der Waals surface area contributed by atoms with Gasteiger partial charge in [0.25, 0.3) is 0 Å². The first-order valence-electron chi connectivity index (χ1n) is 35.3. The van der Waals surface area contributed by atoms with Crippen LogP contribution < -0.4 is 5.32 Å². The molecule has 0 spiro atoms. The van der Waals surface area contributed by atoms with Gasteiger partial charge in [0.15, 0.2) is 0 Å². The van der Waals surface area contributed by atoms with E-state index in [0.717, 1.165) is 44.9 Å². The van der Waals surface area contributed by atoms with E-state index in [-0.39, 0.29) is 18.5 Å². The Bertz CT molecular complexity index is 1260. The van der Waals surface area contributed by atoms with Crippen molar-refractivity contribution in [3.05, 3.63) is 36.5 Å². The third kappa shape index (κ3) is 63.3. The summed E-state index contributed by atoms with van der Waals surface area (Å²) >= 11 is 0. The summed E-state index contributed by atoms with van der Waals surface area (Å²) in [5.74, 6) is -0.0579. The molecule has 2 atom stereocenters. The summed E-state index contributed by atoms with van der Waals surface area (Å²) in [5, 5.41) is 23.2. The number of nitrogens with one attached hydrogen (secondary N) is 1. The molecule has 6 heteroatoms. The van der Waals surface area contributed by atoms with Crippen molar-refractivity contribution in [2.24, 2.45) is 0 Å². The van der Waals surface area contributed by atoms with Gasteiger partial charge < -0.3 is 20.3 Å². The van der Waals surface area contributed by atoms with Crippen LogP contribution in [0.25, 0.3) is 0 Å². The third-order valence-corrected chi connectivity index (χ3v) is 16.4. The molecule has 1 amide bonds. The Morgan fingerprint density at radius 2 is 0.641 bits per heavy atom. The third-order valence-electron chi connectivity index (χ3n) is 16.4. The molecule has 460 valence electrons. The molecular weight excluding hydrogens is 959 g/mol. The second-order valence-electron chi connectivity index (χ2n) is 24.2. The number of allylic oxidation sites excluding steroid dienone is 5. The minimum absolute atomic E-state index is 0.0134. The van der Waals surface area contributed by atoms with E-state index in [0.29, 0.717) is 19.4 Å². The maximum atomic E-state index is 12.5. The van der Waals surface area contributed by atoms with Crippen LogP contribution in [0.15, 0.2) is 36.5 Å². The average Bonchev–Trinajstić information content (AvgIpc) is 3.44. The van der Waals surface area contributed by atoms with Crippen LogP contribution in [0.2, 0.25) is 0 Å². The van der Waals surface area contributed by atoms with Gasteiger partial charge in [0, 0.05) is 12.8 Å². The van der Waals surface area contributed by atoms with Crippen LogP contribution in [0.5, 0.6) is 0 Å². The van der Waals surface area contributed by atoms with Gasteiger partial charge in [-0.15, -0.1) is 0 Å². The lowest BCUT2D eigenvalue weighted by Crippen LogP contribution is -2.45. The van der Waals surface area contributed by atoms with Crippen molar-refractivity contribution < 1.29 is 24.5 Å². The van der Waals surface area contributed by atoms with Crippen molar-refractivity contribution in [2.45, 2.75) is 398 Å². The van der Waals surface area contributed by atoms with Gasteiger partial charge in [-0.25, -0.2) is 0 Å². The molecule has 0 aromatic carbocycles. The normalized spacial score (nSPS) is 12.7. The fraction of sp³-hybridized carbons (Fsp3) is 0.889. The molecule has 0 aromatic heterocycles. The molecule has 0 rings (SSSR count). The van der Waals surface area contributed by atoms with Gasteiger partial charge >= 0.3 is 5.97 Å². The van der Waals surface area contributed by atoms with Crippen molar-refractivity contribution in [1.29, 1.82) is 0 Å². The summed E-state index contributed by atoms with van der Waals surface area (Å²) < 4.78 is 5.50. The van der Waals surface area contributed by atoms with Gasteiger partial charge in [0.2, 0.25) is 5.91 Å². The lowest BCUT2D eigenvalue weighted by Gasteiger charge is -2.20. The zero-order valence-corrected chi connectivity index (χ0v) is 52.7. The van der Waals surface area contributed by atoms with E-state index in [1.807, 2.05) is 6.08 Å². The molecule has 0 bridgehead atoms. The Kier molecular flexibility index (Phi) is 65.9. The number of aliphatic hydroxyl groups is 2. The highest BCUT2D eigenvalue weighted by molar-refractivity contribution is 5.76. The Balaban J connectivity index is 3.43. The first-order valence-corrected chi connectivity index (χ1v) is 35.3. The fourth-order valence-corrected chi connectivity index (χ4v) is 11.0. The van der Waals surface area contributed by atoms with E-state index in [4.69, 9.17) is 4.74 Å². The van der Waals surface area contributed by atoms with E-state index in [2.05, 4.69) is 43.5 Å². The number of carbonyl (C=O) groups excluding carboxylic acids is 2. The van der Waals surface area contributed by atoms with Crippen molar-refractivity contribution in [3.8, 4) is 0 Å². The second kappa shape index (κ2) is 67.6. The van der Waals surface area contributed by atoms with E-state index < -0.39 is 12.1 Å². The van der Waals surface area contributed by atoms with Crippen LogP contribution in [0.4, 0.5) is 0 Å². The molecule has 6 nitrogen and oxygen atoms in total. The number of carbonyl (C=O) groups is 2. The van der Waals surface area contributed by atoms with Gasteiger partial charge in [0.05, 0.1) is 25.4 Å². The largest absolute Gasteiger partial charge is 0.466 e. The number of hydrogen-bond donors (Lipinski definition) is 3. The molecule has 0 saturated carbocycles. The number of esters is 1. The smallest absolute Gasteiger partial charge is 0.305 e. The summed E-state index contributed by atoms with van der Waals surface area (Å²) in [6.07, 6.45) is 86.4. The fourth-order valence-electron chi connectivity index (χ4n) is 11.0. The molecule has 0 aliphatic heterocycles. The number of rotatable bonds is 66. The average molecular weight is 1100 g/mol. The Morgan fingerprint density at radius 3 is 0.974 bits per heavy atom. The molecule has 3 N–H and O–H groups in total. The highest BCUT2D eigenvalue weighted by Gasteiger charge is 2.18. The van der Waals surface area contributed by atoms with Crippen LogP contribution in [-0.2, 0) is 14.3 Å². The van der Waals surface area contributed by atoms with Crippen molar-refractivity contribution >= 4 is 11.9 Å². The Morgan fingerprint density at radius 1 is 0.359 bits per heavy atom. The van der Waals surface area contributed by atoms with Gasteiger partial charge in [-0.1, -0.05) is 346 Å². The first kappa shape index (κ1) is 76.1. The summed E-state index contributed by atoms with van der Waals surface area (Å²) in [5.41, 5.74) is 0. The maximum absolute atomic E-state index is 12.5. The zero-order chi connectivity index (χ0) is 56.4. The van der Waals surface area contributed by atoms with E-state index in [1.54, 1.807) is 6.08 Å². The number of amides is 1. The van der Waals surface area contributed by atoms with Crippen LogP contribution in [0.3, 0.4) is 0 Å². The monoisotopic (exact) mass is 1100 g/mol. The van der Waals surface area contributed by atoms with Crippen LogP contribution in [0.1, 0.15) is 386 Å². The summed E-state index contributed by atoms with van der Waals surface area (Å²) in [6, 6.07) is -0.633. The molecular formula is C72H137NO5. The van der Waals surface area contributed by atoms with Gasteiger partial charge in [-0.3, -0.25) is 9.59 Å². The van der Waals surface area contributed by atoms with Crippen LogP contribution in [0, 0.1) is 0 Å². The maximum Gasteiger partial charge on any atom is 0.305 e.